The number of aliphatic hydroxyl groups is 1. The van der Waals surface area contributed by atoms with Crippen LogP contribution in [0.25, 0.3) is 0 Å². The summed E-state index contributed by atoms with van der Waals surface area (Å²) in [5.41, 5.74) is -0.173. The minimum atomic E-state index is -4.68. The van der Waals surface area contributed by atoms with Crippen molar-refractivity contribution in [3.63, 3.8) is 0 Å². The Morgan fingerprint density at radius 1 is 1.53 bits per heavy atom. The van der Waals surface area contributed by atoms with Crippen LogP contribution in [-0.2, 0) is 4.79 Å². The minimum absolute atomic E-state index is 0.173. The Morgan fingerprint density at radius 2 is 2.12 bits per heavy atom. The average Bonchev–Trinajstić information content (AvgIpc) is 2.52. The Labute approximate surface area is 98.4 Å². The molecule has 2 unspecified atom stereocenters. The van der Waals surface area contributed by atoms with Crippen molar-refractivity contribution < 1.29 is 23.1 Å². The SMILES string of the molecule is CC1(C)CCCC1C(=O)NCC(O)C(F)(F)F. The molecule has 3 nitrogen and oxygen atoms in total. The van der Waals surface area contributed by atoms with Crippen LogP contribution in [0.5, 0.6) is 0 Å². The highest BCUT2D eigenvalue weighted by molar-refractivity contribution is 5.79. The van der Waals surface area contributed by atoms with Gasteiger partial charge in [0.25, 0.3) is 0 Å². The molecule has 100 valence electrons. The molecule has 6 heteroatoms. The van der Waals surface area contributed by atoms with Crippen LogP contribution in [-0.4, -0.2) is 29.8 Å². The number of halogens is 3. The molecule has 1 rings (SSSR count). The third-order valence-electron chi connectivity index (χ3n) is 3.42. The third-order valence-corrected chi connectivity index (χ3v) is 3.42. The summed E-state index contributed by atoms with van der Waals surface area (Å²) >= 11 is 0. The quantitative estimate of drug-likeness (QED) is 0.806. The van der Waals surface area contributed by atoms with Crippen molar-refractivity contribution in [2.75, 3.05) is 6.54 Å². The van der Waals surface area contributed by atoms with Crippen molar-refractivity contribution in [1.82, 2.24) is 5.32 Å². The molecular formula is C11H18F3NO2. The van der Waals surface area contributed by atoms with Gasteiger partial charge in [-0.05, 0) is 18.3 Å². The van der Waals surface area contributed by atoms with E-state index >= 15 is 0 Å². The second kappa shape index (κ2) is 4.84. The van der Waals surface area contributed by atoms with Gasteiger partial charge in [0.15, 0.2) is 6.10 Å². The lowest BCUT2D eigenvalue weighted by molar-refractivity contribution is -0.202. The van der Waals surface area contributed by atoms with Crippen molar-refractivity contribution in [3.05, 3.63) is 0 Å². The molecule has 17 heavy (non-hydrogen) atoms. The molecule has 1 saturated carbocycles. The summed E-state index contributed by atoms with van der Waals surface area (Å²) < 4.78 is 36.1. The summed E-state index contributed by atoms with van der Waals surface area (Å²) in [6, 6.07) is 0. The van der Waals surface area contributed by atoms with E-state index in [1.54, 1.807) is 0 Å². The van der Waals surface area contributed by atoms with Gasteiger partial charge in [0, 0.05) is 5.92 Å². The predicted molar refractivity (Wildman–Crippen MR) is 56.2 cm³/mol. The van der Waals surface area contributed by atoms with Crippen LogP contribution in [0, 0.1) is 11.3 Å². The number of hydrogen-bond donors (Lipinski definition) is 2. The second-order valence-electron chi connectivity index (χ2n) is 5.24. The van der Waals surface area contributed by atoms with Gasteiger partial charge < -0.3 is 10.4 Å². The highest BCUT2D eigenvalue weighted by atomic mass is 19.4. The van der Waals surface area contributed by atoms with Crippen LogP contribution in [0.2, 0.25) is 0 Å². The molecule has 2 atom stereocenters. The summed E-state index contributed by atoms with van der Waals surface area (Å²) in [5, 5.41) is 10.9. The summed E-state index contributed by atoms with van der Waals surface area (Å²) in [4.78, 5) is 11.7. The number of carbonyl (C=O) groups excluding carboxylic acids is 1. The van der Waals surface area contributed by atoms with Gasteiger partial charge in [-0.1, -0.05) is 20.3 Å². The van der Waals surface area contributed by atoms with Gasteiger partial charge in [0.1, 0.15) is 0 Å². The second-order valence-corrected chi connectivity index (χ2v) is 5.24. The maximum absolute atomic E-state index is 12.0. The largest absolute Gasteiger partial charge is 0.416 e. The van der Waals surface area contributed by atoms with Crippen molar-refractivity contribution in [2.24, 2.45) is 11.3 Å². The van der Waals surface area contributed by atoms with E-state index < -0.39 is 24.7 Å². The maximum Gasteiger partial charge on any atom is 0.416 e. The molecule has 1 aliphatic carbocycles. The molecule has 0 aromatic carbocycles. The molecular weight excluding hydrogens is 235 g/mol. The normalized spacial score (nSPS) is 25.6. The zero-order chi connectivity index (χ0) is 13.3. The third kappa shape index (κ3) is 3.59. The van der Waals surface area contributed by atoms with Gasteiger partial charge in [0.05, 0.1) is 6.54 Å². The number of carbonyl (C=O) groups is 1. The van der Waals surface area contributed by atoms with Crippen LogP contribution < -0.4 is 5.32 Å². The van der Waals surface area contributed by atoms with Crippen molar-refractivity contribution in [1.29, 1.82) is 0 Å². The van der Waals surface area contributed by atoms with Gasteiger partial charge >= 0.3 is 6.18 Å². The van der Waals surface area contributed by atoms with E-state index in [2.05, 4.69) is 5.32 Å². The molecule has 0 aromatic rings. The molecule has 0 bridgehead atoms. The molecule has 2 N–H and O–H groups in total. The van der Waals surface area contributed by atoms with Crippen molar-refractivity contribution in [2.45, 2.75) is 45.4 Å². The fraction of sp³-hybridized carbons (Fsp3) is 0.909. The van der Waals surface area contributed by atoms with E-state index in [9.17, 15) is 18.0 Å². The van der Waals surface area contributed by atoms with E-state index in [1.165, 1.54) is 0 Å². The van der Waals surface area contributed by atoms with Gasteiger partial charge in [-0.3, -0.25) is 4.79 Å². The Kier molecular flexibility index (Phi) is 4.06. The van der Waals surface area contributed by atoms with Gasteiger partial charge in [-0.2, -0.15) is 13.2 Å². The fourth-order valence-electron chi connectivity index (χ4n) is 2.25. The number of alkyl halides is 3. The van der Waals surface area contributed by atoms with Crippen LogP contribution in [0.15, 0.2) is 0 Å². The minimum Gasteiger partial charge on any atom is -0.382 e. The lowest BCUT2D eigenvalue weighted by Crippen LogP contribution is -2.44. The topological polar surface area (TPSA) is 49.3 Å². The van der Waals surface area contributed by atoms with Crippen molar-refractivity contribution in [3.8, 4) is 0 Å². The highest BCUT2D eigenvalue weighted by Gasteiger charge is 2.41. The number of aliphatic hydroxyl groups excluding tert-OH is 1. The fourth-order valence-corrected chi connectivity index (χ4v) is 2.25. The maximum atomic E-state index is 12.0. The first kappa shape index (κ1) is 14.3. The first-order chi connectivity index (χ1) is 7.64. The summed E-state index contributed by atoms with van der Waals surface area (Å²) in [6.45, 7) is 3.10. The first-order valence-electron chi connectivity index (χ1n) is 5.67. The van der Waals surface area contributed by atoms with Gasteiger partial charge in [-0.15, -0.1) is 0 Å². The molecule has 0 heterocycles. The molecule has 1 fully saturated rings. The number of amides is 1. The van der Waals surface area contributed by atoms with Crippen LogP contribution >= 0.6 is 0 Å². The molecule has 0 aromatic heterocycles. The molecule has 0 aliphatic heterocycles. The number of rotatable bonds is 3. The average molecular weight is 253 g/mol. The molecule has 1 aliphatic rings. The van der Waals surface area contributed by atoms with Gasteiger partial charge in [-0.25, -0.2) is 0 Å². The van der Waals surface area contributed by atoms with E-state index in [0.717, 1.165) is 12.8 Å². The number of nitrogens with one attached hydrogen (secondary N) is 1. The number of hydrogen-bond acceptors (Lipinski definition) is 2. The Bertz CT molecular complexity index is 289. The summed E-state index contributed by atoms with van der Waals surface area (Å²) in [7, 11) is 0. The zero-order valence-electron chi connectivity index (χ0n) is 9.97. The highest BCUT2D eigenvalue weighted by Crippen LogP contribution is 2.42. The van der Waals surface area contributed by atoms with Crippen LogP contribution in [0.3, 0.4) is 0 Å². The van der Waals surface area contributed by atoms with E-state index in [4.69, 9.17) is 5.11 Å². The van der Waals surface area contributed by atoms with Crippen LogP contribution in [0.1, 0.15) is 33.1 Å². The van der Waals surface area contributed by atoms with E-state index in [-0.39, 0.29) is 11.3 Å². The zero-order valence-corrected chi connectivity index (χ0v) is 9.97. The molecule has 1 amide bonds. The Morgan fingerprint density at radius 3 is 2.53 bits per heavy atom. The predicted octanol–water partition coefficient (Wildman–Crippen LogP) is 1.85. The van der Waals surface area contributed by atoms with E-state index in [0.29, 0.717) is 6.42 Å². The molecule has 0 spiro atoms. The van der Waals surface area contributed by atoms with E-state index in [1.807, 2.05) is 13.8 Å². The summed E-state index contributed by atoms with van der Waals surface area (Å²) in [5.74, 6) is -0.654. The lowest BCUT2D eigenvalue weighted by Gasteiger charge is -2.26. The first-order valence-corrected chi connectivity index (χ1v) is 5.67. The van der Waals surface area contributed by atoms with Crippen LogP contribution in [0.4, 0.5) is 13.2 Å². The monoisotopic (exact) mass is 253 g/mol. The van der Waals surface area contributed by atoms with Gasteiger partial charge in [0.2, 0.25) is 5.91 Å². The summed E-state index contributed by atoms with van der Waals surface area (Å²) in [6.07, 6.45) is -4.67. The Balaban J connectivity index is 2.46. The van der Waals surface area contributed by atoms with Crippen molar-refractivity contribution >= 4 is 5.91 Å². The standard InChI is InChI=1S/C11H18F3NO2/c1-10(2)5-3-4-7(10)9(17)15-6-8(16)11(12,13)14/h7-8,16H,3-6H2,1-2H3,(H,15,17). The Hall–Kier alpha value is -0.780. The molecule has 0 radical (unpaired) electrons. The molecule has 0 saturated heterocycles. The smallest absolute Gasteiger partial charge is 0.382 e. The lowest BCUT2D eigenvalue weighted by atomic mass is 9.81.